The smallest absolute Gasteiger partial charge is 0.0924 e. The standard InChI is InChI=1S/C11H13ClN2/c1-9(8-13)14-6-5-10-3-2-4-11(12)7-10/h2-4,7,9,14H,5-6H2,1H3. The minimum absolute atomic E-state index is 0.0887. The van der Waals surface area contributed by atoms with Crippen molar-refractivity contribution in [2.45, 2.75) is 19.4 Å². The van der Waals surface area contributed by atoms with Crippen LogP contribution < -0.4 is 5.32 Å². The van der Waals surface area contributed by atoms with E-state index in [1.54, 1.807) is 0 Å². The zero-order valence-corrected chi connectivity index (χ0v) is 8.88. The van der Waals surface area contributed by atoms with Crippen molar-refractivity contribution in [2.24, 2.45) is 0 Å². The SMILES string of the molecule is CC(C#N)NCCc1cccc(Cl)c1. The van der Waals surface area contributed by atoms with Crippen molar-refractivity contribution in [3.63, 3.8) is 0 Å². The molecule has 1 aromatic rings. The van der Waals surface area contributed by atoms with Gasteiger partial charge in [0.15, 0.2) is 0 Å². The lowest BCUT2D eigenvalue weighted by Gasteiger charge is -2.05. The number of nitrogens with zero attached hydrogens (tertiary/aromatic N) is 1. The first-order chi connectivity index (χ1) is 6.72. The summed E-state index contributed by atoms with van der Waals surface area (Å²) in [7, 11) is 0. The summed E-state index contributed by atoms with van der Waals surface area (Å²) in [5.41, 5.74) is 1.19. The second kappa shape index (κ2) is 5.64. The van der Waals surface area contributed by atoms with Crippen LogP contribution in [0.25, 0.3) is 0 Å². The molecule has 0 aliphatic rings. The van der Waals surface area contributed by atoms with Crippen LogP contribution in [0.1, 0.15) is 12.5 Å². The fourth-order valence-electron chi connectivity index (χ4n) is 1.17. The van der Waals surface area contributed by atoms with E-state index in [4.69, 9.17) is 16.9 Å². The number of benzene rings is 1. The van der Waals surface area contributed by atoms with Gasteiger partial charge in [-0.05, 0) is 31.0 Å². The molecular weight excluding hydrogens is 196 g/mol. The van der Waals surface area contributed by atoms with Gasteiger partial charge in [-0.1, -0.05) is 23.7 Å². The Labute approximate surface area is 89.5 Å². The topological polar surface area (TPSA) is 35.8 Å². The van der Waals surface area contributed by atoms with Crippen LogP contribution in [0, 0.1) is 11.3 Å². The van der Waals surface area contributed by atoms with E-state index in [2.05, 4.69) is 11.4 Å². The van der Waals surface area contributed by atoms with E-state index >= 15 is 0 Å². The van der Waals surface area contributed by atoms with Gasteiger partial charge >= 0.3 is 0 Å². The van der Waals surface area contributed by atoms with Crippen LogP contribution in [0.4, 0.5) is 0 Å². The first-order valence-corrected chi connectivity index (χ1v) is 4.97. The minimum Gasteiger partial charge on any atom is -0.302 e. The summed E-state index contributed by atoms with van der Waals surface area (Å²) in [4.78, 5) is 0. The van der Waals surface area contributed by atoms with Gasteiger partial charge in [0.05, 0.1) is 12.1 Å². The molecule has 0 bridgehead atoms. The molecule has 0 fully saturated rings. The molecule has 0 saturated carbocycles. The highest BCUT2D eigenvalue weighted by Gasteiger charge is 1.98. The Hall–Kier alpha value is -1.04. The zero-order valence-electron chi connectivity index (χ0n) is 8.13. The molecule has 14 heavy (non-hydrogen) atoms. The van der Waals surface area contributed by atoms with Crippen LogP contribution in [0.2, 0.25) is 5.02 Å². The third-order valence-electron chi connectivity index (χ3n) is 1.95. The molecule has 1 aromatic carbocycles. The van der Waals surface area contributed by atoms with Gasteiger partial charge in [-0.25, -0.2) is 0 Å². The molecule has 74 valence electrons. The van der Waals surface area contributed by atoms with Gasteiger partial charge in [0.1, 0.15) is 0 Å². The van der Waals surface area contributed by atoms with Crippen molar-refractivity contribution >= 4 is 11.6 Å². The van der Waals surface area contributed by atoms with Gasteiger partial charge in [-0.15, -0.1) is 0 Å². The first kappa shape index (κ1) is 11.0. The summed E-state index contributed by atoms with van der Waals surface area (Å²) in [6, 6.07) is 9.81. The number of nitriles is 1. The molecule has 0 heterocycles. The zero-order chi connectivity index (χ0) is 10.4. The van der Waals surface area contributed by atoms with Crippen molar-refractivity contribution < 1.29 is 0 Å². The third kappa shape index (κ3) is 3.78. The van der Waals surface area contributed by atoms with Crippen molar-refractivity contribution in [1.82, 2.24) is 5.32 Å². The summed E-state index contributed by atoms with van der Waals surface area (Å²) < 4.78 is 0. The monoisotopic (exact) mass is 208 g/mol. The molecular formula is C11H13ClN2. The van der Waals surface area contributed by atoms with Gasteiger partial charge in [0, 0.05) is 11.6 Å². The molecule has 0 radical (unpaired) electrons. The van der Waals surface area contributed by atoms with Gasteiger partial charge in [0.25, 0.3) is 0 Å². The van der Waals surface area contributed by atoms with Gasteiger partial charge in [-0.2, -0.15) is 5.26 Å². The Kier molecular flexibility index (Phi) is 4.45. The molecule has 1 N–H and O–H groups in total. The van der Waals surface area contributed by atoms with Crippen molar-refractivity contribution in [2.75, 3.05) is 6.54 Å². The molecule has 1 rings (SSSR count). The second-order valence-electron chi connectivity index (χ2n) is 3.18. The predicted molar refractivity (Wildman–Crippen MR) is 58.2 cm³/mol. The summed E-state index contributed by atoms with van der Waals surface area (Å²) in [6.45, 7) is 2.65. The molecule has 1 atom stereocenters. The van der Waals surface area contributed by atoms with Crippen LogP contribution in [0.5, 0.6) is 0 Å². The number of hydrogen-bond donors (Lipinski definition) is 1. The first-order valence-electron chi connectivity index (χ1n) is 4.60. The minimum atomic E-state index is -0.0887. The molecule has 3 heteroatoms. The summed E-state index contributed by atoms with van der Waals surface area (Å²) in [6.07, 6.45) is 0.895. The Bertz CT molecular complexity index is 330. The van der Waals surface area contributed by atoms with Crippen LogP contribution in [0.3, 0.4) is 0 Å². The molecule has 0 amide bonds. The Morgan fingerprint density at radius 2 is 2.36 bits per heavy atom. The average Bonchev–Trinajstić information content (AvgIpc) is 2.17. The van der Waals surface area contributed by atoms with E-state index in [1.165, 1.54) is 5.56 Å². The van der Waals surface area contributed by atoms with Crippen molar-refractivity contribution in [3.8, 4) is 6.07 Å². The maximum atomic E-state index is 8.54. The molecule has 0 aliphatic heterocycles. The van der Waals surface area contributed by atoms with Crippen LogP contribution >= 0.6 is 11.6 Å². The van der Waals surface area contributed by atoms with Crippen LogP contribution in [-0.2, 0) is 6.42 Å². The van der Waals surface area contributed by atoms with Crippen molar-refractivity contribution in [3.05, 3.63) is 34.9 Å². The van der Waals surface area contributed by atoms with Crippen LogP contribution in [0.15, 0.2) is 24.3 Å². The fraction of sp³-hybridized carbons (Fsp3) is 0.364. The molecule has 0 aliphatic carbocycles. The number of rotatable bonds is 4. The van der Waals surface area contributed by atoms with E-state index in [9.17, 15) is 0 Å². The average molecular weight is 209 g/mol. The highest BCUT2D eigenvalue weighted by Crippen LogP contribution is 2.10. The number of nitrogens with one attached hydrogen (secondary N) is 1. The molecule has 0 saturated heterocycles. The quantitative estimate of drug-likeness (QED) is 0.825. The Morgan fingerprint density at radius 1 is 1.57 bits per heavy atom. The maximum absolute atomic E-state index is 8.54. The largest absolute Gasteiger partial charge is 0.302 e. The normalized spacial score (nSPS) is 12.1. The molecule has 0 spiro atoms. The van der Waals surface area contributed by atoms with Gasteiger partial charge in [-0.3, -0.25) is 0 Å². The van der Waals surface area contributed by atoms with Gasteiger partial charge < -0.3 is 5.32 Å². The van der Waals surface area contributed by atoms with Gasteiger partial charge in [0.2, 0.25) is 0 Å². The summed E-state index contributed by atoms with van der Waals surface area (Å²) >= 11 is 5.84. The lowest BCUT2D eigenvalue weighted by Crippen LogP contribution is -2.26. The molecule has 2 nitrogen and oxygen atoms in total. The van der Waals surface area contributed by atoms with E-state index in [0.717, 1.165) is 18.0 Å². The third-order valence-corrected chi connectivity index (χ3v) is 2.18. The predicted octanol–water partition coefficient (Wildman–Crippen LogP) is 2.38. The maximum Gasteiger partial charge on any atom is 0.0924 e. The van der Waals surface area contributed by atoms with E-state index in [-0.39, 0.29) is 6.04 Å². The number of halogens is 1. The lowest BCUT2D eigenvalue weighted by atomic mass is 10.1. The Balaban J connectivity index is 2.36. The second-order valence-corrected chi connectivity index (χ2v) is 3.62. The highest BCUT2D eigenvalue weighted by atomic mass is 35.5. The molecule has 1 unspecified atom stereocenters. The van der Waals surface area contributed by atoms with Crippen molar-refractivity contribution in [1.29, 1.82) is 5.26 Å². The summed E-state index contributed by atoms with van der Waals surface area (Å²) in [5.74, 6) is 0. The van der Waals surface area contributed by atoms with E-state index in [1.807, 2.05) is 31.2 Å². The fourth-order valence-corrected chi connectivity index (χ4v) is 1.38. The highest BCUT2D eigenvalue weighted by molar-refractivity contribution is 6.30. The lowest BCUT2D eigenvalue weighted by molar-refractivity contribution is 0.640. The molecule has 0 aromatic heterocycles. The van der Waals surface area contributed by atoms with E-state index in [0.29, 0.717) is 0 Å². The summed E-state index contributed by atoms with van der Waals surface area (Å²) in [5, 5.41) is 12.4. The van der Waals surface area contributed by atoms with E-state index < -0.39 is 0 Å². The van der Waals surface area contributed by atoms with Crippen LogP contribution in [-0.4, -0.2) is 12.6 Å². The number of hydrogen-bond acceptors (Lipinski definition) is 2. The Morgan fingerprint density at radius 3 is 3.00 bits per heavy atom.